The van der Waals surface area contributed by atoms with Gasteiger partial charge in [-0.05, 0) is 74.3 Å². The number of anilines is 2. The van der Waals surface area contributed by atoms with Crippen LogP contribution in [0.5, 0.6) is 17.2 Å². The van der Waals surface area contributed by atoms with Gasteiger partial charge in [0, 0.05) is 45.2 Å². The van der Waals surface area contributed by atoms with Crippen LogP contribution in [0.3, 0.4) is 0 Å². The van der Waals surface area contributed by atoms with Gasteiger partial charge < -0.3 is 34.2 Å². The van der Waals surface area contributed by atoms with E-state index in [1.807, 2.05) is 65.6 Å². The van der Waals surface area contributed by atoms with E-state index < -0.39 is 0 Å². The number of para-hydroxylation sites is 3. The van der Waals surface area contributed by atoms with Crippen molar-refractivity contribution in [3.63, 3.8) is 0 Å². The molecule has 0 unspecified atom stereocenters. The monoisotopic (exact) mass is 678 g/mol. The Hall–Kier alpha value is -5.35. The number of nitrogens with zero attached hydrogens (tertiary/aromatic N) is 3. The normalized spacial score (nSPS) is 13.0. The van der Waals surface area contributed by atoms with Gasteiger partial charge in [-0.1, -0.05) is 54.6 Å². The highest BCUT2D eigenvalue weighted by molar-refractivity contribution is 6.09. The van der Waals surface area contributed by atoms with Crippen molar-refractivity contribution >= 4 is 29.1 Å². The van der Waals surface area contributed by atoms with Crippen LogP contribution in [0.25, 0.3) is 0 Å². The number of unbranched alkanes of at least 4 members (excludes halogenated alkanes) is 2. The van der Waals surface area contributed by atoms with Gasteiger partial charge in [0.25, 0.3) is 11.8 Å². The third-order valence-electron chi connectivity index (χ3n) is 8.75. The summed E-state index contributed by atoms with van der Waals surface area (Å²) in [6, 6.07) is 29.1. The highest BCUT2D eigenvalue weighted by Crippen LogP contribution is 2.32. The number of nitrogens with one attached hydrogen (secondary N) is 1. The molecule has 3 amide bonds. The maximum Gasteiger partial charge on any atom is 0.259 e. The average Bonchev–Trinajstić information content (AvgIpc) is 3.15. The van der Waals surface area contributed by atoms with Crippen molar-refractivity contribution in [2.24, 2.45) is 0 Å². The molecule has 4 aromatic carbocycles. The molecule has 0 bridgehead atoms. The second kappa shape index (κ2) is 17.9. The molecule has 0 aromatic heterocycles. The number of hydrogen-bond donors (Lipinski definition) is 1. The van der Waals surface area contributed by atoms with E-state index in [2.05, 4.69) is 17.3 Å². The van der Waals surface area contributed by atoms with Gasteiger partial charge in [0.05, 0.1) is 30.7 Å². The molecule has 1 fully saturated rings. The summed E-state index contributed by atoms with van der Waals surface area (Å²) in [5.74, 6) is 0.997. The minimum Gasteiger partial charge on any atom is -0.495 e. The highest BCUT2D eigenvalue weighted by atomic mass is 16.5. The largest absolute Gasteiger partial charge is 0.495 e. The zero-order valence-corrected chi connectivity index (χ0v) is 29.1. The van der Waals surface area contributed by atoms with Gasteiger partial charge in [-0.2, -0.15) is 0 Å². The van der Waals surface area contributed by atoms with E-state index >= 15 is 0 Å². The van der Waals surface area contributed by atoms with Crippen LogP contribution < -0.4 is 24.4 Å². The minimum atomic E-state index is -0.365. The standard InChI is InChI=1S/C40H46N4O6/c1-42-23-25-44(26-24-42)38(45)20-8-5-13-27-49-36-19-12-10-17-34(36)43(2)40(47)31-21-22-33(37(28-31)48-3)41-39(46)32-16-9-11-18-35(32)50-29-30-14-6-4-7-15-30/h4,6-7,9-12,14-19,21-22,28H,5,8,13,20,23-27,29H2,1-3H3,(H,41,46). The molecule has 10 nitrogen and oxygen atoms in total. The second-order valence-electron chi connectivity index (χ2n) is 12.3. The third kappa shape index (κ3) is 9.63. The lowest BCUT2D eigenvalue weighted by Crippen LogP contribution is -2.47. The first-order valence-corrected chi connectivity index (χ1v) is 17.1. The van der Waals surface area contributed by atoms with Crippen LogP contribution in [-0.4, -0.2) is 81.5 Å². The van der Waals surface area contributed by atoms with E-state index in [-0.39, 0.29) is 17.7 Å². The van der Waals surface area contributed by atoms with Crippen LogP contribution in [0.4, 0.5) is 11.4 Å². The number of amides is 3. The summed E-state index contributed by atoms with van der Waals surface area (Å²) in [7, 11) is 5.27. The van der Waals surface area contributed by atoms with Crippen molar-refractivity contribution < 1.29 is 28.6 Å². The summed E-state index contributed by atoms with van der Waals surface area (Å²) >= 11 is 0. The van der Waals surface area contributed by atoms with Gasteiger partial charge in [0.1, 0.15) is 23.9 Å². The Morgan fingerprint density at radius 3 is 2.22 bits per heavy atom. The van der Waals surface area contributed by atoms with Gasteiger partial charge in [0.2, 0.25) is 5.91 Å². The Kier molecular flexibility index (Phi) is 12.8. The predicted octanol–water partition coefficient (Wildman–Crippen LogP) is 6.52. The molecule has 4 aromatic rings. The van der Waals surface area contributed by atoms with Gasteiger partial charge in [-0.3, -0.25) is 14.4 Å². The van der Waals surface area contributed by atoms with E-state index in [4.69, 9.17) is 14.2 Å². The minimum absolute atomic E-state index is 0.228. The number of hydrogen-bond acceptors (Lipinski definition) is 7. The van der Waals surface area contributed by atoms with Gasteiger partial charge in [-0.25, -0.2) is 0 Å². The fourth-order valence-electron chi connectivity index (χ4n) is 5.74. The molecule has 1 aliphatic heterocycles. The van der Waals surface area contributed by atoms with Gasteiger partial charge >= 0.3 is 0 Å². The number of likely N-dealkylation sites (N-methyl/N-ethyl adjacent to an activating group) is 1. The first kappa shape index (κ1) is 35.9. The van der Waals surface area contributed by atoms with E-state index in [9.17, 15) is 14.4 Å². The summed E-state index contributed by atoms with van der Waals surface area (Å²) < 4.78 is 17.7. The fourth-order valence-corrected chi connectivity index (χ4v) is 5.74. The Morgan fingerprint density at radius 2 is 1.46 bits per heavy atom. The molecule has 1 N–H and O–H groups in total. The lowest BCUT2D eigenvalue weighted by atomic mass is 10.1. The Labute approximate surface area is 294 Å². The molecule has 0 spiro atoms. The Balaban J connectivity index is 1.15. The molecule has 0 aliphatic carbocycles. The molecular formula is C40H46N4O6. The van der Waals surface area contributed by atoms with E-state index in [0.717, 1.165) is 51.0 Å². The average molecular weight is 679 g/mol. The fraction of sp³-hybridized carbons (Fsp3) is 0.325. The SMILES string of the molecule is COc1cc(C(=O)N(C)c2ccccc2OCCCCCC(=O)N2CCN(C)CC2)ccc1NC(=O)c1ccccc1OCc1ccccc1. The lowest BCUT2D eigenvalue weighted by molar-refractivity contribution is -0.132. The zero-order valence-electron chi connectivity index (χ0n) is 29.1. The number of methoxy groups -OCH3 is 1. The van der Waals surface area contributed by atoms with Crippen LogP contribution in [-0.2, 0) is 11.4 Å². The molecule has 50 heavy (non-hydrogen) atoms. The van der Waals surface area contributed by atoms with Gasteiger partial charge in [0.15, 0.2) is 0 Å². The van der Waals surface area contributed by atoms with E-state index in [0.29, 0.717) is 59.4 Å². The lowest BCUT2D eigenvalue weighted by Gasteiger charge is -2.32. The highest BCUT2D eigenvalue weighted by Gasteiger charge is 2.21. The number of carbonyl (C=O) groups is 3. The van der Waals surface area contributed by atoms with Crippen molar-refractivity contribution in [3.05, 3.63) is 114 Å². The third-order valence-corrected chi connectivity index (χ3v) is 8.75. The molecule has 1 aliphatic rings. The van der Waals surface area contributed by atoms with E-state index in [1.54, 1.807) is 43.4 Å². The molecule has 0 radical (unpaired) electrons. The molecule has 0 saturated carbocycles. The number of benzene rings is 4. The zero-order chi connectivity index (χ0) is 35.3. The molecule has 1 heterocycles. The summed E-state index contributed by atoms with van der Waals surface area (Å²) in [5.41, 5.74) is 2.80. The van der Waals surface area contributed by atoms with Crippen LogP contribution in [0.15, 0.2) is 97.1 Å². The quantitative estimate of drug-likeness (QED) is 0.143. The maximum atomic E-state index is 13.7. The summed E-state index contributed by atoms with van der Waals surface area (Å²) in [4.78, 5) is 45.3. The topological polar surface area (TPSA) is 101 Å². The predicted molar refractivity (Wildman–Crippen MR) is 195 cm³/mol. The van der Waals surface area contributed by atoms with Crippen LogP contribution in [0.1, 0.15) is 52.0 Å². The molecular weight excluding hydrogens is 632 g/mol. The summed E-state index contributed by atoms with van der Waals surface area (Å²) in [6.45, 7) is 4.26. The van der Waals surface area contributed by atoms with Crippen molar-refractivity contribution in [2.75, 3.05) is 64.2 Å². The molecule has 1 saturated heterocycles. The molecule has 5 rings (SSSR count). The number of rotatable bonds is 15. The number of carbonyl (C=O) groups excluding carboxylic acids is 3. The van der Waals surface area contributed by atoms with E-state index in [1.165, 1.54) is 12.0 Å². The van der Waals surface area contributed by atoms with Gasteiger partial charge in [-0.15, -0.1) is 0 Å². The second-order valence-corrected chi connectivity index (χ2v) is 12.3. The smallest absolute Gasteiger partial charge is 0.259 e. The first-order chi connectivity index (χ1) is 24.3. The first-order valence-electron chi connectivity index (χ1n) is 17.1. The Bertz CT molecular complexity index is 1740. The van der Waals surface area contributed by atoms with Crippen LogP contribution in [0, 0.1) is 0 Å². The van der Waals surface area contributed by atoms with Crippen molar-refractivity contribution in [1.82, 2.24) is 9.80 Å². The van der Waals surface area contributed by atoms with Crippen LogP contribution in [0.2, 0.25) is 0 Å². The number of piperazine rings is 1. The van der Waals surface area contributed by atoms with Crippen molar-refractivity contribution in [1.29, 1.82) is 0 Å². The van der Waals surface area contributed by atoms with Crippen LogP contribution >= 0.6 is 0 Å². The molecule has 262 valence electrons. The molecule has 10 heteroatoms. The summed E-state index contributed by atoms with van der Waals surface area (Å²) in [5, 5.41) is 2.90. The van der Waals surface area contributed by atoms with Crippen molar-refractivity contribution in [2.45, 2.75) is 32.3 Å². The van der Waals surface area contributed by atoms with Crippen molar-refractivity contribution in [3.8, 4) is 17.2 Å². The summed E-state index contributed by atoms with van der Waals surface area (Å²) in [6.07, 6.45) is 3.06. The maximum absolute atomic E-state index is 13.7. The Morgan fingerprint density at radius 1 is 0.760 bits per heavy atom. The molecule has 0 atom stereocenters. The number of ether oxygens (including phenoxy) is 3.